The van der Waals surface area contributed by atoms with Gasteiger partial charge in [-0.2, -0.15) is 0 Å². The van der Waals surface area contributed by atoms with Gasteiger partial charge in [0.05, 0.1) is 9.99 Å². The zero-order chi connectivity index (χ0) is 13.0. The van der Waals surface area contributed by atoms with Gasteiger partial charge in [0.25, 0.3) is 0 Å². The second-order valence-electron chi connectivity index (χ2n) is 4.08. The summed E-state index contributed by atoms with van der Waals surface area (Å²) in [7, 11) is 3.71. The summed E-state index contributed by atoms with van der Waals surface area (Å²) in [5, 5.41) is 5.61. The average molecular weight is 373 g/mol. The first-order chi connectivity index (χ1) is 8.72. The molecule has 1 aromatic heterocycles. The second-order valence-corrected chi connectivity index (χ2v) is 6.89. The monoisotopic (exact) mass is 373 g/mol. The summed E-state index contributed by atoms with van der Waals surface area (Å²) in [4.78, 5) is 0. The molecule has 1 unspecified atom stereocenters. The topological polar surface area (TPSA) is 21.3 Å². The van der Waals surface area contributed by atoms with Crippen molar-refractivity contribution in [1.29, 1.82) is 0 Å². The molecular weight excluding hydrogens is 357 g/mol. The quantitative estimate of drug-likeness (QED) is 0.804. The van der Waals surface area contributed by atoms with Crippen molar-refractivity contribution in [2.24, 2.45) is 0 Å². The van der Waals surface area contributed by atoms with Gasteiger partial charge in [-0.1, -0.05) is 12.1 Å². The number of halogens is 1. The van der Waals surface area contributed by atoms with E-state index in [1.807, 2.05) is 19.2 Å². The van der Waals surface area contributed by atoms with Gasteiger partial charge >= 0.3 is 0 Å². The number of likely N-dealkylation sites (N-methyl/N-ethyl adjacent to an activating group) is 1. The number of nitrogens with one attached hydrogen (secondary N) is 1. The van der Waals surface area contributed by atoms with Crippen LogP contribution in [0.1, 0.15) is 17.2 Å². The number of benzene rings is 1. The van der Waals surface area contributed by atoms with Crippen LogP contribution >= 0.6 is 33.9 Å². The predicted molar refractivity (Wildman–Crippen MR) is 85.5 cm³/mol. The third-order valence-electron chi connectivity index (χ3n) is 2.91. The lowest BCUT2D eigenvalue weighted by molar-refractivity contribution is 0.414. The van der Waals surface area contributed by atoms with Gasteiger partial charge < -0.3 is 10.1 Å². The zero-order valence-corrected chi connectivity index (χ0v) is 13.4. The minimum absolute atomic E-state index is 0.358. The lowest BCUT2D eigenvalue weighted by Gasteiger charge is -2.15. The van der Waals surface area contributed by atoms with Gasteiger partial charge in [0.15, 0.2) is 0 Å². The lowest BCUT2D eigenvalue weighted by Crippen LogP contribution is -2.18. The highest BCUT2D eigenvalue weighted by molar-refractivity contribution is 14.1. The Hall–Kier alpha value is -0.590. The van der Waals surface area contributed by atoms with E-state index in [-0.39, 0.29) is 0 Å². The van der Waals surface area contributed by atoms with E-state index in [9.17, 15) is 0 Å². The molecule has 2 rings (SSSR count). The molecule has 2 aromatic rings. The summed E-state index contributed by atoms with van der Waals surface area (Å²) in [6, 6.07) is 10.9. The van der Waals surface area contributed by atoms with E-state index in [4.69, 9.17) is 4.74 Å². The average Bonchev–Trinajstić information content (AvgIpc) is 2.82. The third-order valence-corrected chi connectivity index (χ3v) is 4.72. The highest BCUT2D eigenvalue weighted by Crippen LogP contribution is 2.25. The smallest absolute Gasteiger partial charge is 0.119 e. The number of thiophene rings is 1. The van der Waals surface area contributed by atoms with Crippen LogP contribution < -0.4 is 10.1 Å². The molecule has 18 heavy (non-hydrogen) atoms. The molecule has 1 atom stereocenters. The molecule has 0 spiro atoms. The van der Waals surface area contributed by atoms with Crippen molar-refractivity contribution >= 4 is 33.9 Å². The van der Waals surface area contributed by atoms with Gasteiger partial charge in [-0.05, 0) is 70.8 Å². The fraction of sp³-hybridized carbons (Fsp3) is 0.286. The van der Waals surface area contributed by atoms with Gasteiger partial charge in [-0.25, -0.2) is 0 Å². The molecule has 1 aromatic carbocycles. The lowest BCUT2D eigenvalue weighted by atomic mass is 10.0. The van der Waals surface area contributed by atoms with E-state index in [0.29, 0.717) is 6.04 Å². The van der Waals surface area contributed by atoms with Crippen LogP contribution in [0.25, 0.3) is 0 Å². The molecule has 2 nitrogen and oxygen atoms in total. The van der Waals surface area contributed by atoms with Crippen LogP contribution in [-0.4, -0.2) is 14.2 Å². The van der Waals surface area contributed by atoms with E-state index in [2.05, 4.69) is 51.5 Å². The Morgan fingerprint density at radius 3 is 2.83 bits per heavy atom. The highest BCUT2D eigenvalue weighted by atomic mass is 127. The van der Waals surface area contributed by atoms with Crippen molar-refractivity contribution in [2.45, 2.75) is 12.5 Å². The van der Waals surface area contributed by atoms with Crippen LogP contribution in [0.3, 0.4) is 0 Å². The number of methoxy groups -OCH3 is 1. The minimum atomic E-state index is 0.358. The van der Waals surface area contributed by atoms with Gasteiger partial charge in [0.2, 0.25) is 0 Å². The Morgan fingerprint density at radius 1 is 1.39 bits per heavy atom. The Kier molecular flexibility index (Phi) is 5.03. The second kappa shape index (κ2) is 6.54. The molecule has 0 aliphatic rings. The number of ether oxygens (including phenoxy) is 1. The molecule has 1 N–H and O–H groups in total. The number of hydrogen-bond acceptors (Lipinski definition) is 3. The standard InChI is InChI=1S/C14H16INOS/c1-16-13(11-8-14(15)18-9-11)7-10-4-3-5-12(6-10)17-2/h3-6,8-9,13,16H,7H2,1-2H3. The fourth-order valence-corrected chi connectivity index (χ4v) is 3.35. The molecule has 0 aliphatic heterocycles. The van der Waals surface area contributed by atoms with Crippen molar-refractivity contribution in [2.75, 3.05) is 14.2 Å². The molecule has 0 radical (unpaired) electrons. The maximum atomic E-state index is 5.26. The Morgan fingerprint density at radius 2 is 2.22 bits per heavy atom. The molecule has 0 fully saturated rings. The molecule has 0 saturated heterocycles. The van der Waals surface area contributed by atoms with Crippen molar-refractivity contribution < 1.29 is 4.74 Å². The summed E-state index contributed by atoms with van der Waals surface area (Å²) >= 11 is 4.15. The van der Waals surface area contributed by atoms with Gasteiger partial charge in [-0.15, -0.1) is 11.3 Å². The molecule has 1 heterocycles. The highest BCUT2D eigenvalue weighted by Gasteiger charge is 2.12. The van der Waals surface area contributed by atoms with Crippen molar-refractivity contribution in [3.8, 4) is 5.75 Å². The predicted octanol–water partition coefficient (Wildman–Crippen LogP) is 3.86. The van der Waals surface area contributed by atoms with E-state index in [1.165, 1.54) is 14.0 Å². The van der Waals surface area contributed by atoms with Crippen LogP contribution in [0.2, 0.25) is 0 Å². The molecule has 0 bridgehead atoms. The molecule has 4 heteroatoms. The van der Waals surface area contributed by atoms with Crippen LogP contribution in [0, 0.1) is 2.88 Å². The molecule has 0 saturated carbocycles. The van der Waals surface area contributed by atoms with Gasteiger partial charge in [0.1, 0.15) is 5.75 Å². The summed E-state index contributed by atoms with van der Waals surface area (Å²) in [5.41, 5.74) is 2.64. The first-order valence-corrected chi connectivity index (χ1v) is 7.73. The van der Waals surface area contributed by atoms with Crippen LogP contribution in [0.4, 0.5) is 0 Å². The summed E-state index contributed by atoms with van der Waals surface area (Å²) in [5.74, 6) is 0.919. The Labute approximate surface area is 126 Å². The van der Waals surface area contributed by atoms with E-state index in [1.54, 1.807) is 18.4 Å². The molecular formula is C14H16INOS. The van der Waals surface area contributed by atoms with Crippen molar-refractivity contribution in [3.63, 3.8) is 0 Å². The molecule has 0 aliphatic carbocycles. The zero-order valence-electron chi connectivity index (χ0n) is 10.4. The summed E-state index contributed by atoms with van der Waals surface area (Å²) < 4.78 is 6.59. The maximum absolute atomic E-state index is 5.26. The third kappa shape index (κ3) is 3.46. The summed E-state index contributed by atoms with van der Waals surface area (Å²) in [6.45, 7) is 0. The maximum Gasteiger partial charge on any atom is 0.119 e. The molecule has 96 valence electrons. The van der Waals surface area contributed by atoms with Crippen molar-refractivity contribution in [1.82, 2.24) is 5.32 Å². The minimum Gasteiger partial charge on any atom is -0.497 e. The first-order valence-electron chi connectivity index (χ1n) is 5.77. The van der Waals surface area contributed by atoms with Crippen molar-refractivity contribution in [3.05, 3.63) is 49.7 Å². The largest absolute Gasteiger partial charge is 0.497 e. The number of rotatable bonds is 5. The van der Waals surface area contributed by atoms with E-state index >= 15 is 0 Å². The normalized spacial score (nSPS) is 12.4. The van der Waals surface area contributed by atoms with Gasteiger partial charge in [-0.3, -0.25) is 0 Å². The Bertz CT molecular complexity index is 512. The fourth-order valence-electron chi connectivity index (χ4n) is 1.93. The van der Waals surface area contributed by atoms with Gasteiger partial charge in [0, 0.05) is 6.04 Å². The van der Waals surface area contributed by atoms with Crippen LogP contribution in [-0.2, 0) is 6.42 Å². The number of hydrogen-bond donors (Lipinski definition) is 1. The molecule has 0 amide bonds. The van der Waals surface area contributed by atoms with E-state index in [0.717, 1.165) is 12.2 Å². The van der Waals surface area contributed by atoms with E-state index < -0.39 is 0 Å². The van der Waals surface area contributed by atoms with Crippen LogP contribution in [0.5, 0.6) is 5.75 Å². The first kappa shape index (κ1) is 13.8. The van der Waals surface area contributed by atoms with Crippen LogP contribution in [0.15, 0.2) is 35.7 Å². The SMILES string of the molecule is CNC(Cc1cccc(OC)c1)c1csc(I)c1. The summed E-state index contributed by atoms with van der Waals surface area (Å²) in [6.07, 6.45) is 0.973. The Balaban J connectivity index is 2.14.